The number of sulfonamides is 1. The van der Waals surface area contributed by atoms with Crippen LogP contribution < -0.4 is 9.86 Å². The molecule has 0 spiro atoms. The Morgan fingerprint density at radius 2 is 1.32 bits per heavy atom. The van der Waals surface area contributed by atoms with Crippen molar-refractivity contribution in [2.24, 2.45) is 5.14 Å². The normalized spacial score (nSPS) is 12.3. The molecule has 1 unspecified atom stereocenters. The van der Waals surface area contributed by atoms with E-state index < -0.39 is 21.3 Å². The number of benzene rings is 3. The number of nitrogens with one attached hydrogen (secondary N) is 1. The number of hydrogen-bond donors (Lipinski definition) is 4. The second-order valence-electron chi connectivity index (χ2n) is 6.97. The number of para-hydroxylation sites is 2. The van der Waals surface area contributed by atoms with Gasteiger partial charge in [0.1, 0.15) is 11.5 Å². The standard InChI is InChI=1S/C21H17N5O6S2/c22-34(31,32)14-10-12(9-13(11-14)26-33(29)30)19-23-20(15-5-1-3-7-17(15)27)25-21(24-19)16-6-2-4-8-18(16)28/h1-11,26-28H,(H,29,30)(H2,22,31,32)/p-1. The van der Waals surface area contributed by atoms with Gasteiger partial charge in [-0.25, -0.2) is 28.5 Å². The lowest BCUT2D eigenvalue weighted by molar-refractivity contribution is 0.477. The molecule has 0 saturated heterocycles. The van der Waals surface area contributed by atoms with E-state index in [2.05, 4.69) is 19.7 Å². The van der Waals surface area contributed by atoms with E-state index in [0.717, 1.165) is 6.07 Å². The number of aromatic nitrogens is 3. The van der Waals surface area contributed by atoms with Crippen molar-refractivity contribution in [2.45, 2.75) is 4.90 Å². The Balaban J connectivity index is 2.01. The maximum Gasteiger partial charge on any atom is 0.238 e. The summed E-state index contributed by atoms with van der Waals surface area (Å²) in [7, 11) is -4.22. The first-order chi connectivity index (χ1) is 16.1. The fraction of sp³-hybridized carbons (Fsp3) is 0. The van der Waals surface area contributed by atoms with Gasteiger partial charge in [0, 0.05) is 22.5 Å². The second-order valence-corrected chi connectivity index (χ2v) is 9.20. The second kappa shape index (κ2) is 9.15. The van der Waals surface area contributed by atoms with Crippen molar-refractivity contribution >= 4 is 27.0 Å². The van der Waals surface area contributed by atoms with Crippen molar-refractivity contribution in [3.63, 3.8) is 0 Å². The van der Waals surface area contributed by atoms with Crippen LogP contribution >= 0.6 is 0 Å². The van der Waals surface area contributed by atoms with Gasteiger partial charge in [-0.1, -0.05) is 24.3 Å². The molecule has 0 aliphatic rings. The van der Waals surface area contributed by atoms with Gasteiger partial charge in [0.05, 0.1) is 16.0 Å². The molecule has 0 bridgehead atoms. The molecule has 4 rings (SSSR count). The molecule has 1 aromatic heterocycles. The van der Waals surface area contributed by atoms with E-state index in [0.29, 0.717) is 0 Å². The average Bonchev–Trinajstić information content (AvgIpc) is 2.78. The molecule has 0 aliphatic heterocycles. The minimum atomic E-state index is -4.22. The summed E-state index contributed by atoms with van der Waals surface area (Å²) < 4.78 is 48.4. The molecule has 0 aliphatic carbocycles. The largest absolute Gasteiger partial charge is 0.755 e. The zero-order chi connectivity index (χ0) is 24.5. The highest BCUT2D eigenvalue weighted by Crippen LogP contribution is 2.33. The fourth-order valence-electron chi connectivity index (χ4n) is 3.12. The van der Waals surface area contributed by atoms with E-state index in [-0.39, 0.29) is 56.2 Å². The highest BCUT2D eigenvalue weighted by atomic mass is 32.2. The number of primary sulfonamides is 1. The molecule has 0 saturated carbocycles. The van der Waals surface area contributed by atoms with Crippen molar-refractivity contribution in [1.29, 1.82) is 0 Å². The van der Waals surface area contributed by atoms with Crippen LogP contribution in [0.3, 0.4) is 0 Å². The van der Waals surface area contributed by atoms with Crippen molar-refractivity contribution in [2.75, 3.05) is 4.72 Å². The first-order valence-electron chi connectivity index (χ1n) is 9.49. The van der Waals surface area contributed by atoms with Gasteiger partial charge < -0.3 is 19.5 Å². The molecular weight excluding hydrogens is 482 g/mol. The van der Waals surface area contributed by atoms with Gasteiger partial charge in [-0.05, 0) is 42.5 Å². The van der Waals surface area contributed by atoms with E-state index in [1.54, 1.807) is 36.4 Å². The van der Waals surface area contributed by atoms with Crippen molar-refractivity contribution < 1.29 is 27.4 Å². The van der Waals surface area contributed by atoms with Gasteiger partial charge in [-0.3, -0.25) is 4.21 Å². The number of rotatable bonds is 6. The van der Waals surface area contributed by atoms with E-state index in [4.69, 9.17) is 5.14 Å². The Kier molecular flexibility index (Phi) is 6.26. The molecule has 4 aromatic rings. The number of aromatic hydroxyl groups is 2. The number of phenolic OH excluding ortho intramolecular Hbond substituents is 2. The summed E-state index contributed by atoms with van der Waals surface area (Å²) in [6, 6.07) is 16.1. The molecule has 34 heavy (non-hydrogen) atoms. The molecular formula is C21H16N5O6S2-. The van der Waals surface area contributed by atoms with Crippen LogP contribution in [0.25, 0.3) is 34.2 Å². The maximum absolute atomic E-state index is 12.0. The molecule has 1 heterocycles. The highest BCUT2D eigenvalue weighted by Gasteiger charge is 2.18. The van der Waals surface area contributed by atoms with Crippen LogP contribution in [0.15, 0.2) is 71.6 Å². The summed E-state index contributed by atoms with van der Waals surface area (Å²) in [6.07, 6.45) is 0. The van der Waals surface area contributed by atoms with Gasteiger partial charge in [-0.2, -0.15) is 0 Å². The van der Waals surface area contributed by atoms with Gasteiger partial charge >= 0.3 is 0 Å². The van der Waals surface area contributed by atoms with Crippen LogP contribution in [0.2, 0.25) is 0 Å². The minimum absolute atomic E-state index is 0.0317. The molecule has 174 valence electrons. The molecule has 13 heteroatoms. The lowest BCUT2D eigenvalue weighted by atomic mass is 10.1. The predicted octanol–water partition coefficient (Wildman–Crippen LogP) is 2.14. The third-order valence-corrected chi connectivity index (χ3v) is 5.91. The zero-order valence-electron chi connectivity index (χ0n) is 17.1. The third-order valence-electron chi connectivity index (χ3n) is 4.62. The van der Waals surface area contributed by atoms with Gasteiger partial charge in [0.15, 0.2) is 17.5 Å². The first-order valence-corrected chi connectivity index (χ1v) is 12.1. The quantitative estimate of drug-likeness (QED) is 0.288. The summed E-state index contributed by atoms with van der Waals surface area (Å²) in [5, 5.41) is 25.9. The smallest absolute Gasteiger partial charge is 0.238 e. The van der Waals surface area contributed by atoms with E-state index in [9.17, 15) is 27.4 Å². The Morgan fingerprint density at radius 3 is 1.79 bits per heavy atom. The molecule has 0 fully saturated rings. The number of nitrogens with zero attached hydrogens (tertiary/aromatic N) is 3. The number of hydrogen-bond acceptors (Lipinski definition) is 9. The predicted molar refractivity (Wildman–Crippen MR) is 123 cm³/mol. The first kappa shape index (κ1) is 23.3. The molecule has 5 N–H and O–H groups in total. The lowest BCUT2D eigenvalue weighted by Gasteiger charge is -2.13. The van der Waals surface area contributed by atoms with Crippen LogP contribution in [0.1, 0.15) is 0 Å². The Labute approximate surface area is 196 Å². The summed E-state index contributed by atoms with van der Waals surface area (Å²) in [5.41, 5.74) is 0.507. The Hall–Kier alpha value is -3.91. The summed E-state index contributed by atoms with van der Waals surface area (Å²) in [5.74, 6) is -0.235. The number of anilines is 1. The SMILES string of the molecule is NS(=O)(=O)c1cc(NS(=O)[O-])cc(-c2nc(-c3ccccc3O)nc(-c3ccccc3O)n2)c1. The summed E-state index contributed by atoms with van der Waals surface area (Å²) in [4.78, 5) is 12.7. The average molecular weight is 499 g/mol. The summed E-state index contributed by atoms with van der Waals surface area (Å²) >= 11 is -2.75. The van der Waals surface area contributed by atoms with Crippen molar-refractivity contribution in [1.82, 2.24) is 15.0 Å². The summed E-state index contributed by atoms with van der Waals surface area (Å²) in [6.45, 7) is 0. The third kappa shape index (κ3) is 5.02. The van der Waals surface area contributed by atoms with E-state index >= 15 is 0 Å². The van der Waals surface area contributed by atoms with Crippen LogP contribution in [0.5, 0.6) is 11.5 Å². The van der Waals surface area contributed by atoms with E-state index in [1.165, 1.54) is 24.3 Å². The zero-order valence-corrected chi connectivity index (χ0v) is 18.7. The molecule has 0 radical (unpaired) electrons. The molecule has 3 aromatic carbocycles. The van der Waals surface area contributed by atoms with Gasteiger partial charge in [-0.15, -0.1) is 0 Å². The topological polar surface area (TPSA) is 191 Å². The van der Waals surface area contributed by atoms with Crippen molar-refractivity contribution in [3.8, 4) is 45.7 Å². The fourth-order valence-corrected chi connectivity index (χ4v) is 4.01. The van der Waals surface area contributed by atoms with Gasteiger partial charge in [0.2, 0.25) is 10.0 Å². The minimum Gasteiger partial charge on any atom is -0.755 e. The van der Waals surface area contributed by atoms with Crippen LogP contribution in [0, 0.1) is 0 Å². The number of nitrogens with two attached hydrogens (primary N) is 1. The Morgan fingerprint density at radius 1 is 0.824 bits per heavy atom. The molecule has 1 atom stereocenters. The monoisotopic (exact) mass is 498 g/mol. The van der Waals surface area contributed by atoms with Crippen LogP contribution in [-0.4, -0.2) is 42.3 Å². The Bertz CT molecular complexity index is 1460. The van der Waals surface area contributed by atoms with E-state index in [1.807, 2.05) is 0 Å². The van der Waals surface area contributed by atoms with Gasteiger partial charge in [0.25, 0.3) is 0 Å². The van der Waals surface area contributed by atoms with Crippen LogP contribution in [-0.2, 0) is 21.3 Å². The lowest BCUT2D eigenvalue weighted by Crippen LogP contribution is -2.13. The number of phenols is 2. The molecule has 0 amide bonds. The highest BCUT2D eigenvalue weighted by molar-refractivity contribution is 7.89. The van der Waals surface area contributed by atoms with Crippen LogP contribution in [0.4, 0.5) is 5.69 Å². The van der Waals surface area contributed by atoms with Crippen molar-refractivity contribution in [3.05, 3.63) is 66.7 Å². The maximum atomic E-state index is 12.0. The molecule has 11 nitrogen and oxygen atoms in total.